The lowest BCUT2D eigenvalue weighted by Gasteiger charge is -2.26. The van der Waals surface area contributed by atoms with Gasteiger partial charge < -0.3 is 5.32 Å². The Bertz CT molecular complexity index is 1070. The van der Waals surface area contributed by atoms with Gasteiger partial charge in [0.25, 0.3) is 10.0 Å². The van der Waals surface area contributed by atoms with Crippen LogP contribution in [-0.2, 0) is 14.8 Å². The summed E-state index contributed by atoms with van der Waals surface area (Å²) in [5, 5.41) is 3.04. The number of sulfonamides is 1. The summed E-state index contributed by atoms with van der Waals surface area (Å²) in [6.45, 7) is 3.89. The summed E-state index contributed by atoms with van der Waals surface area (Å²) < 4.78 is 27.9. The molecule has 3 rings (SSSR count). The fraction of sp³-hybridized carbons (Fsp3) is 0.240. The second-order valence-corrected chi connectivity index (χ2v) is 9.68. The molecular weight excluding hydrogens is 408 g/mol. The Balaban J connectivity index is 1.88. The highest BCUT2D eigenvalue weighted by atomic mass is 32.2. The van der Waals surface area contributed by atoms with Crippen molar-refractivity contribution in [1.29, 1.82) is 0 Å². The van der Waals surface area contributed by atoms with E-state index in [0.29, 0.717) is 11.6 Å². The molecule has 3 aromatic rings. The van der Waals surface area contributed by atoms with Crippen molar-refractivity contribution in [1.82, 2.24) is 5.32 Å². The molecule has 0 aromatic heterocycles. The molecule has 0 bridgehead atoms. The number of anilines is 1. The van der Waals surface area contributed by atoms with E-state index in [1.807, 2.05) is 36.4 Å². The number of para-hydroxylation sites is 1. The molecule has 0 spiro atoms. The molecule has 1 N–H and O–H groups in total. The van der Waals surface area contributed by atoms with Crippen LogP contribution in [0.3, 0.4) is 0 Å². The van der Waals surface area contributed by atoms with E-state index in [9.17, 15) is 13.2 Å². The molecule has 1 amide bonds. The number of hydrogen-bond donors (Lipinski definition) is 1. The molecule has 3 aromatic carbocycles. The Morgan fingerprint density at radius 2 is 1.35 bits per heavy atom. The lowest BCUT2D eigenvalue weighted by atomic mass is 9.97. The lowest BCUT2D eigenvalue weighted by molar-refractivity contribution is -0.120. The maximum absolute atomic E-state index is 13.3. The van der Waals surface area contributed by atoms with Crippen LogP contribution in [0.4, 0.5) is 5.69 Å². The largest absolute Gasteiger partial charge is 0.348 e. The molecule has 0 aliphatic heterocycles. The Morgan fingerprint density at radius 3 is 1.90 bits per heavy atom. The second-order valence-electron chi connectivity index (χ2n) is 7.82. The van der Waals surface area contributed by atoms with Gasteiger partial charge in [0.1, 0.15) is 6.54 Å². The average molecular weight is 437 g/mol. The van der Waals surface area contributed by atoms with Crippen molar-refractivity contribution in [3.63, 3.8) is 0 Å². The molecule has 0 aliphatic rings. The number of carbonyl (C=O) groups excluding carboxylic acids is 1. The number of rotatable bonds is 9. The molecule has 31 heavy (non-hydrogen) atoms. The fourth-order valence-electron chi connectivity index (χ4n) is 3.43. The van der Waals surface area contributed by atoms with Gasteiger partial charge in [-0.15, -0.1) is 0 Å². The zero-order valence-electron chi connectivity index (χ0n) is 17.8. The number of carbonyl (C=O) groups is 1. The van der Waals surface area contributed by atoms with Crippen LogP contribution in [0.2, 0.25) is 0 Å². The van der Waals surface area contributed by atoms with E-state index in [4.69, 9.17) is 0 Å². The van der Waals surface area contributed by atoms with Crippen LogP contribution < -0.4 is 9.62 Å². The van der Waals surface area contributed by atoms with Crippen molar-refractivity contribution in [3.05, 3.63) is 96.6 Å². The first-order chi connectivity index (χ1) is 14.9. The number of nitrogens with one attached hydrogen (secondary N) is 1. The van der Waals surface area contributed by atoms with Crippen LogP contribution in [0.25, 0.3) is 0 Å². The summed E-state index contributed by atoms with van der Waals surface area (Å²) in [5.41, 5.74) is 1.45. The number of benzene rings is 3. The van der Waals surface area contributed by atoms with E-state index in [1.54, 1.807) is 42.5 Å². The minimum absolute atomic E-state index is 0.147. The summed E-state index contributed by atoms with van der Waals surface area (Å²) in [6.07, 6.45) is 0.756. The molecule has 162 valence electrons. The monoisotopic (exact) mass is 436 g/mol. The summed E-state index contributed by atoms with van der Waals surface area (Å²) in [6, 6.07) is 26.4. The van der Waals surface area contributed by atoms with Crippen LogP contribution in [0.5, 0.6) is 0 Å². The molecule has 0 radical (unpaired) electrons. The van der Waals surface area contributed by atoms with Crippen molar-refractivity contribution in [3.8, 4) is 0 Å². The van der Waals surface area contributed by atoms with Crippen LogP contribution >= 0.6 is 0 Å². The highest BCUT2D eigenvalue weighted by Gasteiger charge is 2.28. The minimum Gasteiger partial charge on any atom is -0.348 e. The van der Waals surface area contributed by atoms with E-state index in [2.05, 4.69) is 19.2 Å². The SMILES string of the molecule is CC(C)C[C@@H](NC(=O)CN(c1ccccc1)S(=O)(=O)c1ccccc1)c1ccccc1. The van der Waals surface area contributed by atoms with Gasteiger partial charge in [-0.05, 0) is 42.2 Å². The Hall–Kier alpha value is -3.12. The van der Waals surface area contributed by atoms with Gasteiger partial charge in [0.2, 0.25) is 5.91 Å². The van der Waals surface area contributed by atoms with E-state index in [-0.39, 0.29) is 23.4 Å². The smallest absolute Gasteiger partial charge is 0.264 e. The topological polar surface area (TPSA) is 66.5 Å². The molecule has 0 saturated heterocycles. The highest BCUT2D eigenvalue weighted by molar-refractivity contribution is 7.92. The van der Waals surface area contributed by atoms with Gasteiger partial charge in [0.15, 0.2) is 0 Å². The van der Waals surface area contributed by atoms with E-state index >= 15 is 0 Å². The minimum atomic E-state index is -3.90. The predicted molar refractivity (Wildman–Crippen MR) is 124 cm³/mol. The molecule has 1 atom stereocenters. The van der Waals surface area contributed by atoms with Crippen molar-refractivity contribution in [2.75, 3.05) is 10.8 Å². The number of amides is 1. The molecule has 0 fully saturated rings. The lowest BCUT2D eigenvalue weighted by Crippen LogP contribution is -2.42. The third-order valence-corrected chi connectivity index (χ3v) is 6.69. The Labute approximate surface area is 184 Å². The molecule has 0 unspecified atom stereocenters. The summed E-state index contributed by atoms with van der Waals surface area (Å²) in [4.78, 5) is 13.2. The van der Waals surface area contributed by atoms with E-state index < -0.39 is 10.0 Å². The average Bonchev–Trinajstić information content (AvgIpc) is 2.78. The van der Waals surface area contributed by atoms with Crippen LogP contribution in [0.1, 0.15) is 31.9 Å². The zero-order chi connectivity index (χ0) is 22.3. The molecule has 0 saturated carbocycles. The van der Waals surface area contributed by atoms with Crippen molar-refractivity contribution in [2.24, 2.45) is 5.92 Å². The van der Waals surface area contributed by atoms with Gasteiger partial charge in [-0.2, -0.15) is 0 Å². The molecule has 0 heterocycles. The second kappa shape index (κ2) is 10.3. The standard InChI is InChI=1S/C25H28N2O3S/c1-20(2)18-24(21-12-6-3-7-13-21)26-25(28)19-27(22-14-8-4-9-15-22)31(29,30)23-16-10-5-11-17-23/h3-17,20,24H,18-19H2,1-2H3,(H,26,28)/t24-/m1/s1. The third kappa shape index (κ3) is 5.95. The summed E-state index contributed by atoms with van der Waals surface area (Å²) in [7, 11) is -3.90. The van der Waals surface area contributed by atoms with Gasteiger partial charge in [0.05, 0.1) is 16.6 Å². The van der Waals surface area contributed by atoms with E-state index in [1.165, 1.54) is 12.1 Å². The molecule has 6 heteroatoms. The van der Waals surface area contributed by atoms with E-state index in [0.717, 1.165) is 16.3 Å². The quantitative estimate of drug-likeness (QED) is 0.525. The maximum atomic E-state index is 13.3. The maximum Gasteiger partial charge on any atom is 0.264 e. The summed E-state index contributed by atoms with van der Waals surface area (Å²) in [5.74, 6) is 0.0154. The van der Waals surface area contributed by atoms with Gasteiger partial charge in [-0.25, -0.2) is 8.42 Å². The Kier molecular flexibility index (Phi) is 7.47. The summed E-state index contributed by atoms with van der Waals surface area (Å²) >= 11 is 0. The first-order valence-corrected chi connectivity index (χ1v) is 11.8. The van der Waals surface area contributed by atoms with Crippen molar-refractivity contribution < 1.29 is 13.2 Å². The van der Waals surface area contributed by atoms with Crippen LogP contribution in [0.15, 0.2) is 95.9 Å². The number of hydrogen-bond acceptors (Lipinski definition) is 3. The third-order valence-electron chi connectivity index (χ3n) is 4.91. The van der Waals surface area contributed by atoms with Gasteiger partial charge in [-0.3, -0.25) is 9.10 Å². The fourth-order valence-corrected chi connectivity index (χ4v) is 4.88. The molecular formula is C25H28N2O3S. The predicted octanol–water partition coefficient (Wildman–Crippen LogP) is 4.79. The normalized spacial score (nSPS) is 12.4. The van der Waals surface area contributed by atoms with Gasteiger partial charge in [0, 0.05) is 0 Å². The zero-order valence-corrected chi connectivity index (χ0v) is 18.6. The van der Waals surface area contributed by atoms with Gasteiger partial charge in [-0.1, -0.05) is 80.6 Å². The molecule has 5 nitrogen and oxygen atoms in total. The van der Waals surface area contributed by atoms with Gasteiger partial charge >= 0.3 is 0 Å². The van der Waals surface area contributed by atoms with Crippen LogP contribution in [-0.4, -0.2) is 20.9 Å². The first kappa shape index (κ1) is 22.6. The Morgan fingerprint density at radius 1 is 0.839 bits per heavy atom. The first-order valence-electron chi connectivity index (χ1n) is 10.3. The molecule has 0 aliphatic carbocycles. The van der Waals surface area contributed by atoms with Crippen LogP contribution in [0, 0.1) is 5.92 Å². The van der Waals surface area contributed by atoms with Crippen molar-refractivity contribution >= 4 is 21.6 Å². The number of nitrogens with zero attached hydrogens (tertiary/aromatic N) is 1. The highest BCUT2D eigenvalue weighted by Crippen LogP contribution is 2.24. The van der Waals surface area contributed by atoms with Crippen molar-refractivity contribution in [2.45, 2.75) is 31.2 Å².